The van der Waals surface area contributed by atoms with Crippen molar-refractivity contribution in [3.63, 3.8) is 0 Å². The number of aliphatic hydroxyl groups is 1. The van der Waals surface area contributed by atoms with Gasteiger partial charge in [0.25, 0.3) is 0 Å². The summed E-state index contributed by atoms with van der Waals surface area (Å²) in [4.78, 5) is 0. The van der Waals surface area contributed by atoms with Gasteiger partial charge in [0.05, 0.1) is 6.10 Å². The van der Waals surface area contributed by atoms with E-state index in [2.05, 4.69) is 20.8 Å². The van der Waals surface area contributed by atoms with E-state index in [4.69, 9.17) is 5.11 Å². The van der Waals surface area contributed by atoms with Crippen molar-refractivity contribution >= 4 is 0 Å². The predicted molar refractivity (Wildman–Crippen MR) is 35.4 cm³/mol. The molecule has 0 aromatic carbocycles. The minimum atomic E-state index is -0.370. The highest BCUT2D eigenvalue weighted by Gasteiger charge is 2.08. The minimum absolute atomic E-state index is 0.370. The molecule has 0 aromatic heterocycles. The van der Waals surface area contributed by atoms with Crippen LogP contribution in [-0.2, 0) is 0 Å². The third kappa shape index (κ3) is 2.31. The van der Waals surface area contributed by atoms with Gasteiger partial charge in [-0.15, -0.1) is 0 Å². The molecule has 1 unspecified atom stereocenters. The predicted octanol–water partition coefficient (Wildman–Crippen LogP) is 1.62. The lowest BCUT2D eigenvalue weighted by Gasteiger charge is -2.14. The standard InChI is InChI=1S/C7H15O/c1-4-7(5-2)6(3)8/h6-8H,3-5H2,1-2H3. The molecule has 1 radical (unpaired) electrons. The van der Waals surface area contributed by atoms with Crippen LogP contribution in [0.1, 0.15) is 26.7 Å². The van der Waals surface area contributed by atoms with E-state index in [1.807, 2.05) is 0 Å². The average molecular weight is 115 g/mol. The monoisotopic (exact) mass is 115 g/mol. The van der Waals surface area contributed by atoms with Gasteiger partial charge in [-0.2, -0.15) is 0 Å². The van der Waals surface area contributed by atoms with Crippen molar-refractivity contribution in [3.8, 4) is 0 Å². The molecule has 1 N–H and O–H groups in total. The van der Waals surface area contributed by atoms with E-state index in [1.54, 1.807) is 0 Å². The summed E-state index contributed by atoms with van der Waals surface area (Å²) in [6, 6.07) is 0. The van der Waals surface area contributed by atoms with Gasteiger partial charge in [-0.3, -0.25) is 0 Å². The van der Waals surface area contributed by atoms with Gasteiger partial charge in [-0.25, -0.2) is 0 Å². The molecule has 0 fully saturated rings. The van der Waals surface area contributed by atoms with E-state index in [0.717, 1.165) is 12.8 Å². The van der Waals surface area contributed by atoms with E-state index in [1.165, 1.54) is 0 Å². The topological polar surface area (TPSA) is 20.2 Å². The summed E-state index contributed by atoms with van der Waals surface area (Å²) >= 11 is 0. The molecule has 0 aromatic rings. The van der Waals surface area contributed by atoms with E-state index < -0.39 is 0 Å². The van der Waals surface area contributed by atoms with Gasteiger partial charge < -0.3 is 5.11 Å². The molecule has 8 heavy (non-hydrogen) atoms. The number of hydrogen-bond donors (Lipinski definition) is 1. The summed E-state index contributed by atoms with van der Waals surface area (Å²) in [5, 5.41) is 8.90. The fourth-order valence-corrected chi connectivity index (χ4v) is 0.833. The van der Waals surface area contributed by atoms with Crippen LogP contribution >= 0.6 is 0 Å². The Labute approximate surface area is 51.7 Å². The third-order valence-electron chi connectivity index (χ3n) is 1.59. The van der Waals surface area contributed by atoms with Crippen LogP contribution in [0.25, 0.3) is 0 Å². The smallest absolute Gasteiger partial charge is 0.0569 e. The van der Waals surface area contributed by atoms with Crippen LogP contribution in [0.4, 0.5) is 0 Å². The highest BCUT2D eigenvalue weighted by molar-refractivity contribution is 4.66. The zero-order chi connectivity index (χ0) is 6.57. The Morgan fingerprint density at radius 3 is 1.75 bits per heavy atom. The first kappa shape index (κ1) is 7.96. The van der Waals surface area contributed by atoms with Crippen LogP contribution in [0, 0.1) is 12.8 Å². The van der Waals surface area contributed by atoms with Crippen molar-refractivity contribution in [2.75, 3.05) is 0 Å². The average Bonchev–Trinajstić information content (AvgIpc) is 1.69. The molecule has 1 atom stereocenters. The third-order valence-corrected chi connectivity index (χ3v) is 1.59. The normalized spacial score (nSPS) is 14.6. The first-order chi connectivity index (χ1) is 3.72. The van der Waals surface area contributed by atoms with Gasteiger partial charge in [-0.05, 0) is 12.8 Å². The largest absolute Gasteiger partial charge is 0.393 e. The molecule has 0 heterocycles. The zero-order valence-corrected chi connectivity index (χ0v) is 5.72. The maximum Gasteiger partial charge on any atom is 0.0569 e. The zero-order valence-electron chi connectivity index (χ0n) is 5.72. The summed E-state index contributed by atoms with van der Waals surface area (Å²) in [7, 11) is 0. The fraction of sp³-hybridized carbons (Fsp3) is 0.857. The van der Waals surface area contributed by atoms with E-state index in [9.17, 15) is 0 Å². The number of rotatable bonds is 3. The van der Waals surface area contributed by atoms with Crippen LogP contribution in [0.2, 0.25) is 0 Å². The van der Waals surface area contributed by atoms with Crippen LogP contribution in [0.15, 0.2) is 0 Å². The summed E-state index contributed by atoms with van der Waals surface area (Å²) in [6.45, 7) is 7.68. The molecular formula is C7H15O. The molecule has 0 saturated heterocycles. The van der Waals surface area contributed by atoms with Crippen molar-refractivity contribution in [1.82, 2.24) is 0 Å². The highest BCUT2D eigenvalue weighted by Crippen LogP contribution is 2.10. The van der Waals surface area contributed by atoms with Crippen molar-refractivity contribution in [2.24, 2.45) is 5.92 Å². The minimum Gasteiger partial charge on any atom is -0.393 e. The second-order valence-electron chi connectivity index (χ2n) is 2.14. The van der Waals surface area contributed by atoms with Gasteiger partial charge in [-0.1, -0.05) is 26.7 Å². The second kappa shape index (κ2) is 3.90. The van der Waals surface area contributed by atoms with Gasteiger partial charge in [0, 0.05) is 0 Å². The van der Waals surface area contributed by atoms with E-state index in [0.29, 0.717) is 5.92 Å². The first-order valence-corrected chi connectivity index (χ1v) is 3.23. The van der Waals surface area contributed by atoms with Crippen molar-refractivity contribution in [3.05, 3.63) is 6.92 Å². The van der Waals surface area contributed by atoms with Crippen molar-refractivity contribution in [2.45, 2.75) is 32.8 Å². The summed E-state index contributed by atoms with van der Waals surface area (Å²) < 4.78 is 0. The van der Waals surface area contributed by atoms with Crippen molar-refractivity contribution < 1.29 is 5.11 Å². The van der Waals surface area contributed by atoms with Crippen LogP contribution in [-0.4, -0.2) is 11.2 Å². The van der Waals surface area contributed by atoms with Crippen molar-refractivity contribution in [1.29, 1.82) is 0 Å². The van der Waals surface area contributed by atoms with Gasteiger partial charge in [0.2, 0.25) is 0 Å². The molecule has 0 aliphatic heterocycles. The second-order valence-corrected chi connectivity index (χ2v) is 2.14. The Morgan fingerprint density at radius 1 is 1.38 bits per heavy atom. The van der Waals surface area contributed by atoms with Gasteiger partial charge in [0.1, 0.15) is 0 Å². The number of aliphatic hydroxyl groups excluding tert-OH is 1. The molecule has 0 aliphatic rings. The van der Waals surface area contributed by atoms with E-state index >= 15 is 0 Å². The molecule has 0 saturated carbocycles. The summed E-state index contributed by atoms with van der Waals surface area (Å²) in [5.74, 6) is 0.398. The lowest BCUT2D eigenvalue weighted by atomic mass is 9.98. The van der Waals surface area contributed by atoms with Crippen LogP contribution < -0.4 is 0 Å². The molecule has 0 bridgehead atoms. The molecule has 0 spiro atoms. The molecule has 1 heteroatoms. The summed E-state index contributed by atoms with van der Waals surface area (Å²) in [5.41, 5.74) is 0. The highest BCUT2D eigenvalue weighted by atomic mass is 16.3. The molecular weight excluding hydrogens is 100 g/mol. The molecule has 1 nitrogen and oxygen atoms in total. The Morgan fingerprint density at radius 2 is 1.75 bits per heavy atom. The molecule has 49 valence electrons. The maximum absolute atomic E-state index is 8.90. The van der Waals surface area contributed by atoms with Gasteiger partial charge in [0.15, 0.2) is 0 Å². The Hall–Kier alpha value is -0.0400. The Balaban J connectivity index is 3.35. The van der Waals surface area contributed by atoms with Gasteiger partial charge >= 0.3 is 0 Å². The van der Waals surface area contributed by atoms with Crippen LogP contribution in [0.5, 0.6) is 0 Å². The molecule has 0 amide bonds. The Bertz CT molecular complexity index is 46.3. The number of hydrogen-bond acceptors (Lipinski definition) is 1. The lowest BCUT2D eigenvalue weighted by molar-refractivity contribution is 0.144. The first-order valence-electron chi connectivity index (χ1n) is 3.23. The lowest BCUT2D eigenvalue weighted by Crippen LogP contribution is -2.14. The van der Waals surface area contributed by atoms with E-state index in [-0.39, 0.29) is 6.10 Å². The molecule has 0 rings (SSSR count). The fourth-order valence-electron chi connectivity index (χ4n) is 0.833. The van der Waals surface area contributed by atoms with Crippen LogP contribution in [0.3, 0.4) is 0 Å². The SMILES string of the molecule is [CH2]C(O)C(CC)CC. The summed E-state index contributed by atoms with van der Waals surface area (Å²) in [6.07, 6.45) is 1.69. The Kier molecular flexibility index (Phi) is 3.88. The molecule has 0 aliphatic carbocycles. The quantitative estimate of drug-likeness (QED) is 0.592. The maximum atomic E-state index is 8.90.